The van der Waals surface area contributed by atoms with Gasteiger partial charge in [-0.1, -0.05) is 12.1 Å². The Kier molecular flexibility index (Phi) is 5.73. The molecule has 2 amide bonds. The molecular weight excluding hydrogens is 362 g/mol. The molecule has 3 rings (SSSR count). The topological polar surface area (TPSA) is 71.1 Å². The van der Waals surface area contributed by atoms with Crippen molar-refractivity contribution in [3.63, 3.8) is 0 Å². The summed E-state index contributed by atoms with van der Waals surface area (Å²) in [6, 6.07) is 7.64. The first-order valence-electron chi connectivity index (χ1n) is 7.29. The highest BCUT2D eigenvalue weighted by atomic mass is 32.1. The number of hydrogen-bond acceptors (Lipinski definition) is 6. The van der Waals surface area contributed by atoms with Crippen molar-refractivity contribution >= 4 is 51.0 Å². The number of nitrogens with one attached hydrogen (secondary N) is 2. The molecule has 0 aliphatic carbocycles. The van der Waals surface area contributed by atoms with Crippen LogP contribution < -0.4 is 10.6 Å². The summed E-state index contributed by atoms with van der Waals surface area (Å²) >= 11 is 4.38. The SMILES string of the molecule is O=C(Cc1csc(NC(=O)c2cccs2)n1)NCCc1cccs1. The first kappa shape index (κ1) is 16.8. The molecule has 0 atom stereocenters. The lowest BCUT2D eigenvalue weighted by molar-refractivity contribution is -0.120. The largest absolute Gasteiger partial charge is 0.355 e. The molecular formula is C16H15N3O2S3. The number of rotatable bonds is 7. The zero-order valence-corrected chi connectivity index (χ0v) is 15.1. The Labute approximate surface area is 151 Å². The van der Waals surface area contributed by atoms with Gasteiger partial charge in [0, 0.05) is 16.8 Å². The lowest BCUT2D eigenvalue weighted by Crippen LogP contribution is -2.27. The second kappa shape index (κ2) is 8.18. The molecule has 0 unspecified atom stereocenters. The van der Waals surface area contributed by atoms with Gasteiger partial charge < -0.3 is 5.32 Å². The van der Waals surface area contributed by atoms with E-state index in [0.717, 1.165) is 6.42 Å². The van der Waals surface area contributed by atoms with E-state index in [1.807, 2.05) is 22.9 Å². The van der Waals surface area contributed by atoms with Crippen molar-refractivity contribution in [3.05, 3.63) is 55.9 Å². The molecule has 8 heteroatoms. The first-order chi connectivity index (χ1) is 11.7. The Morgan fingerprint density at radius 3 is 2.67 bits per heavy atom. The molecule has 0 saturated carbocycles. The molecule has 0 radical (unpaired) electrons. The van der Waals surface area contributed by atoms with Crippen LogP contribution in [-0.4, -0.2) is 23.3 Å². The van der Waals surface area contributed by atoms with E-state index in [2.05, 4.69) is 21.7 Å². The maximum Gasteiger partial charge on any atom is 0.267 e. The molecule has 3 aromatic rings. The summed E-state index contributed by atoms with van der Waals surface area (Å²) in [5, 5.41) is 11.8. The average molecular weight is 378 g/mol. The second-order valence-corrected chi connectivity index (χ2v) is 7.77. The number of nitrogens with zero attached hydrogens (tertiary/aromatic N) is 1. The van der Waals surface area contributed by atoms with Crippen molar-refractivity contribution in [2.24, 2.45) is 0 Å². The van der Waals surface area contributed by atoms with Gasteiger partial charge in [-0.15, -0.1) is 34.0 Å². The number of anilines is 1. The molecule has 0 spiro atoms. The van der Waals surface area contributed by atoms with Gasteiger partial charge in [-0.3, -0.25) is 14.9 Å². The Hall–Kier alpha value is -2.03. The molecule has 124 valence electrons. The molecule has 0 aliphatic rings. The van der Waals surface area contributed by atoms with Crippen LogP contribution in [-0.2, 0) is 17.6 Å². The van der Waals surface area contributed by atoms with Crippen molar-refractivity contribution in [2.45, 2.75) is 12.8 Å². The predicted octanol–water partition coefficient (Wildman–Crippen LogP) is 3.42. The van der Waals surface area contributed by atoms with Crippen LogP contribution in [0.2, 0.25) is 0 Å². The van der Waals surface area contributed by atoms with E-state index < -0.39 is 0 Å². The summed E-state index contributed by atoms with van der Waals surface area (Å²) in [6.07, 6.45) is 1.05. The van der Waals surface area contributed by atoms with Crippen LogP contribution in [0, 0.1) is 0 Å². The number of hydrogen-bond donors (Lipinski definition) is 2. The van der Waals surface area contributed by atoms with Crippen LogP contribution in [0.4, 0.5) is 5.13 Å². The Bertz CT molecular complexity index is 795. The number of thiophene rings is 2. The zero-order valence-electron chi connectivity index (χ0n) is 12.7. The maximum atomic E-state index is 11.9. The van der Waals surface area contributed by atoms with Crippen LogP contribution in [0.5, 0.6) is 0 Å². The van der Waals surface area contributed by atoms with Crippen molar-refractivity contribution in [2.75, 3.05) is 11.9 Å². The highest BCUT2D eigenvalue weighted by Gasteiger charge is 2.11. The summed E-state index contributed by atoms with van der Waals surface area (Å²) in [6.45, 7) is 0.617. The zero-order chi connectivity index (χ0) is 16.8. The van der Waals surface area contributed by atoms with E-state index in [1.165, 1.54) is 27.6 Å². The molecule has 3 aromatic heterocycles. The van der Waals surface area contributed by atoms with Gasteiger partial charge in [-0.05, 0) is 29.3 Å². The third-order valence-electron chi connectivity index (χ3n) is 3.13. The van der Waals surface area contributed by atoms with Crippen LogP contribution in [0.3, 0.4) is 0 Å². The van der Waals surface area contributed by atoms with Crippen molar-refractivity contribution in [1.82, 2.24) is 10.3 Å². The number of carbonyl (C=O) groups excluding carboxylic acids is 2. The van der Waals surface area contributed by atoms with Gasteiger partial charge in [0.05, 0.1) is 17.0 Å². The normalized spacial score (nSPS) is 10.5. The van der Waals surface area contributed by atoms with Crippen LogP contribution >= 0.6 is 34.0 Å². The fraction of sp³-hybridized carbons (Fsp3) is 0.188. The molecule has 24 heavy (non-hydrogen) atoms. The van der Waals surface area contributed by atoms with Crippen molar-refractivity contribution < 1.29 is 9.59 Å². The van der Waals surface area contributed by atoms with E-state index in [0.29, 0.717) is 22.2 Å². The summed E-state index contributed by atoms with van der Waals surface area (Å²) < 4.78 is 0. The molecule has 0 aliphatic heterocycles. The number of aromatic nitrogens is 1. The third kappa shape index (κ3) is 4.73. The number of amides is 2. The monoisotopic (exact) mass is 377 g/mol. The number of thiazole rings is 1. The van der Waals surface area contributed by atoms with Gasteiger partial charge >= 0.3 is 0 Å². The minimum Gasteiger partial charge on any atom is -0.355 e. The molecule has 0 saturated heterocycles. The predicted molar refractivity (Wildman–Crippen MR) is 99.1 cm³/mol. The summed E-state index contributed by atoms with van der Waals surface area (Å²) in [4.78, 5) is 30.1. The highest BCUT2D eigenvalue weighted by Crippen LogP contribution is 2.18. The molecule has 2 N–H and O–H groups in total. The fourth-order valence-corrected chi connectivity index (χ4v) is 4.05. The van der Waals surface area contributed by atoms with E-state index in [1.54, 1.807) is 22.8 Å². The van der Waals surface area contributed by atoms with Crippen molar-refractivity contribution in [1.29, 1.82) is 0 Å². The number of carbonyl (C=O) groups is 2. The minimum atomic E-state index is -0.175. The minimum absolute atomic E-state index is 0.0620. The first-order valence-corrected chi connectivity index (χ1v) is 9.93. The van der Waals surface area contributed by atoms with E-state index in [9.17, 15) is 9.59 Å². The van der Waals surface area contributed by atoms with Gasteiger partial charge in [0.25, 0.3) is 5.91 Å². The smallest absolute Gasteiger partial charge is 0.267 e. The second-order valence-electron chi connectivity index (χ2n) is 4.93. The summed E-state index contributed by atoms with van der Waals surface area (Å²) in [7, 11) is 0. The average Bonchev–Trinajstić information content (AvgIpc) is 3.30. The Morgan fingerprint density at radius 1 is 1.08 bits per heavy atom. The van der Waals surface area contributed by atoms with Crippen molar-refractivity contribution in [3.8, 4) is 0 Å². The summed E-state index contributed by atoms with van der Waals surface area (Å²) in [5.74, 6) is -0.237. The molecule has 5 nitrogen and oxygen atoms in total. The molecule has 0 bridgehead atoms. The summed E-state index contributed by atoms with van der Waals surface area (Å²) in [5.41, 5.74) is 0.662. The quantitative estimate of drug-likeness (QED) is 0.663. The molecule has 0 fully saturated rings. The van der Waals surface area contributed by atoms with Gasteiger partial charge in [0.15, 0.2) is 5.13 Å². The van der Waals surface area contributed by atoms with Gasteiger partial charge in [0.1, 0.15) is 0 Å². The van der Waals surface area contributed by atoms with E-state index >= 15 is 0 Å². The van der Waals surface area contributed by atoms with Crippen LogP contribution in [0.15, 0.2) is 40.4 Å². The molecule has 3 heterocycles. The fourth-order valence-electron chi connectivity index (χ4n) is 2.02. The third-order valence-corrected chi connectivity index (χ3v) is 5.74. The van der Waals surface area contributed by atoms with Crippen LogP contribution in [0.1, 0.15) is 20.2 Å². The van der Waals surface area contributed by atoms with Gasteiger partial charge in [-0.2, -0.15) is 0 Å². The lowest BCUT2D eigenvalue weighted by Gasteiger charge is -2.02. The van der Waals surface area contributed by atoms with Gasteiger partial charge in [-0.25, -0.2) is 4.98 Å². The van der Waals surface area contributed by atoms with E-state index in [-0.39, 0.29) is 18.2 Å². The molecule has 0 aromatic carbocycles. The lowest BCUT2D eigenvalue weighted by atomic mass is 10.3. The Morgan fingerprint density at radius 2 is 1.92 bits per heavy atom. The highest BCUT2D eigenvalue weighted by molar-refractivity contribution is 7.14. The standard InChI is InChI=1S/C16H15N3O2S3/c20-14(17-6-5-12-3-1-7-22-12)9-11-10-24-16(18-11)19-15(21)13-4-2-8-23-13/h1-4,7-8,10H,5-6,9H2,(H,17,20)(H,18,19,21). The maximum absolute atomic E-state index is 11.9. The van der Waals surface area contributed by atoms with Crippen LogP contribution in [0.25, 0.3) is 0 Å². The van der Waals surface area contributed by atoms with Gasteiger partial charge in [0.2, 0.25) is 5.91 Å². The Balaban J connectivity index is 1.45. The van der Waals surface area contributed by atoms with E-state index in [4.69, 9.17) is 0 Å².